The van der Waals surface area contributed by atoms with E-state index in [1.165, 1.54) is 32.4 Å². The molecule has 8 rings (SSSR count). The van der Waals surface area contributed by atoms with Gasteiger partial charge in [-0.25, -0.2) is 4.79 Å². The van der Waals surface area contributed by atoms with Gasteiger partial charge in [0.25, 0.3) is 5.79 Å². The standard InChI is InChI=1S/C34H34N2O13/c1-35-12-14-10-18(44-2)25(45-3)28-20(14)22-26(46-28)21-16(13-5-4-6-15(37)9-13)11-17-23(27(21)47-31(22)41)36-19-7-8-33(32(42)43)29(39)24(38)30(40)34(19,48-17)49-33/h4-11,19,22,24,26,29-31,35-41H,12H2,1-3H3,(H,42,43). The zero-order chi connectivity index (χ0) is 34.6. The van der Waals surface area contributed by atoms with Crippen LogP contribution in [0.3, 0.4) is 0 Å². The third-order valence-electron chi connectivity index (χ3n) is 9.99. The fourth-order valence-corrected chi connectivity index (χ4v) is 7.77. The molecule has 5 aliphatic rings. The number of aliphatic hydroxyl groups is 4. The molecular formula is C34H34N2O13. The van der Waals surface area contributed by atoms with Crippen molar-refractivity contribution >= 4 is 11.7 Å². The molecule has 1 spiro atoms. The Morgan fingerprint density at radius 3 is 2.51 bits per heavy atom. The smallest absolute Gasteiger partial charge is 0.343 e. The number of rotatable bonds is 6. The summed E-state index contributed by atoms with van der Waals surface area (Å²) in [7, 11) is 4.79. The number of carboxylic acid groups (broad SMARTS) is 1. The number of carbonyl (C=O) groups is 1. The molecule has 9 unspecified atom stereocenters. The summed E-state index contributed by atoms with van der Waals surface area (Å²) in [6.45, 7) is 0.407. The molecule has 258 valence electrons. The number of phenolic OH excluding ortho intramolecular Hbond substituents is 1. The number of carboxylic acids is 1. The molecule has 0 aliphatic carbocycles. The van der Waals surface area contributed by atoms with Gasteiger partial charge in [-0.2, -0.15) is 0 Å². The van der Waals surface area contributed by atoms with Crippen molar-refractivity contribution in [1.82, 2.24) is 5.32 Å². The van der Waals surface area contributed by atoms with Crippen LogP contribution in [0.2, 0.25) is 0 Å². The third-order valence-corrected chi connectivity index (χ3v) is 9.99. The molecule has 0 saturated carbocycles. The number of methoxy groups -OCH3 is 2. The van der Waals surface area contributed by atoms with Crippen molar-refractivity contribution < 1.29 is 63.9 Å². The number of aliphatic hydroxyl groups excluding tert-OH is 4. The molecule has 1 fully saturated rings. The Balaban J connectivity index is 1.34. The number of hydrogen-bond donors (Lipinski definition) is 8. The van der Waals surface area contributed by atoms with E-state index in [1.807, 2.05) is 6.07 Å². The monoisotopic (exact) mass is 678 g/mol. The van der Waals surface area contributed by atoms with Crippen LogP contribution in [0.4, 0.5) is 5.69 Å². The number of benzene rings is 3. The van der Waals surface area contributed by atoms with Gasteiger partial charge in [0.15, 0.2) is 29.1 Å². The van der Waals surface area contributed by atoms with Gasteiger partial charge >= 0.3 is 5.97 Å². The molecule has 0 aromatic heterocycles. The highest BCUT2D eigenvalue weighted by molar-refractivity contribution is 5.86. The quantitative estimate of drug-likeness (QED) is 0.171. The number of anilines is 1. The second kappa shape index (κ2) is 10.9. The maximum atomic E-state index is 12.4. The van der Waals surface area contributed by atoms with E-state index in [4.69, 9.17) is 28.4 Å². The fraction of sp³-hybridized carbons (Fsp3) is 0.382. The molecule has 5 heterocycles. The van der Waals surface area contributed by atoms with Crippen molar-refractivity contribution in [3.8, 4) is 45.6 Å². The van der Waals surface area contributed by atoms with Gasteiger partial charge in [-0.05, 0) is 54.1 Å². The second-order valence-corrected chi connectivity index (χ2v) is 12.6. The number of aromatic hydroxyl groups is 1. The van der Waals surface area contributed by atoms with E-state index in [0.29, 0.717) is 46.0 Å². The highest BCUT2D eigenvalue weighted by Crippen LogP contribution is 2.63. The lowest BCUT2D eigenvalue weighted by Gasteiger charge is -2.57. The van der Waals surface area contributed by atoms with E-state index in [9.17, 15) is 35.4 Å². The van der Waals surface area contributed by atoms with Gasteiger partial charge in [0.1, 0.15) is 35.8 Å². The van der Waals surface area contributed by atoms with Gasteiger partial charge < -0.3 is 69.7 Å². The minimum absolute atomic E-state index is 0.00172. The van der Waals surface area contributed by atoms with Crippen molar-refractivity contribution in [2.45, 2.75) is 60.6 Å². The molecule has 5 aliphatic heterocycles. The molecule has 0 radical (unpaired) electrons. The van der Waals surface area contributed by atoms with Crippen LogP contribution in [-0.2, 0) is 16.1 Å². The Bertz CT molecular complexity index is 1920. The predicted octanol–water partition coefficient (Wildman–Crippen LogP) is 1.10. The lowest BCUT2D eigenvalue weighted by molar-refractivity contribution is -0.356. The summed E-state index contributed by atoms with van der Waals surface area (Å²) in [4.78, 5) is 12.4. The Kier molecular flexibility index (Phi) is 6.98. The molecule has 49 heavy (non-hydrogen) atoms. The maximum absolute atomic E-state index is 12.4. The van der Waals surface area contributed by atoms with E-state index in [2.05, 4.69) is 10.6 Å². The van der Waals surface area contributed by atoms with Crippen LogP contribution in [-0.4, -0.2) is 99.9 Å². The van der Waals surface area contributed by atoms with Crippen LogP contribution >= 0.6 is 0 Å². The summed E-state index contributed by atoms with van der Waals surface area (Å²) in [6.07, 6.45) is -5.74. The van der Waals surface area contributed by atoms with Crippen molar-refractivity contribution in [1.29, 1.82) is 0 Å². The summed E-state index contributed by atoms with van der Waals surface area (Å²) in [6, 6.07) is 8.69. The minimum Gasteiger partial charge on any atom is -0.508 e. The van der Waals surface area contributed by atoms with E-state index in [0.717, 1.165) is 11.6 Å². The maximum Gasteiger partial charge on any atom is 0.343 e. The topological polar surface area (TPSA) is 218 Å². The first-order valence-electron chi connectivity index (χ1n) is 15.6. The van der Waals surface area contributed by atoms with E-state index >= 15 is 0 Å². The Morgan fingerprint density at radius 1 is 1.02 bits per heavy atom. The summed E-state index contributed by atoms with van der Waals surface area (Å²) in [5, 5.41) is 71.5. The second-order valence-electron chi connectivity index (χ2n) is 12.6. The van der Waals surface area contributed by atoms with Gasteiger partial charge in [-0.1, -0.05) is 18.2 Å². The Hall–Kier alpha value is -4.77. The third kappa shape index (κ3) is 4.14. The SMILES string of the molecule is CNCc1cc(OC)c(OC)c2c1C1C(O)Oc3c4c(cc(-c5cccc(O)c5)c3C1O2)OC12OC(C(=O)O)(C=CC1N4)C(O)C(O)C2O. The van der Waals surface area contributed by atoms with Crippen molar-refractivity contribution in [3.63, 3.8) is 0 Å². The van der Waals surface area contributed by atoms with E-state index < -0.39 is 60.0 Å². The number of ether oxygens (including phenoxy) is 6. The molecule has 15 nitrogen and oxygen atoms in total. The highest BCUT2D eigenvalue weighted by Gasteiger charge is 2.70. The predicted molar refractivity (Wildman–Crippen MR) is 168 cm³/mol. The zero-order valence-corrected chi connectivity index (χ0v) is 26.4. The average molecular weight is 679 g/mol. The molecule has 15 heteroatoms. The van der Waals surface area contributed by atoms with E-state index in [1.54, 1.807) is 25.2 Å². The van der Waals surface area contributed by atoms with Crippen LogP contribution in [0.5, 0.6) is 34.5 Å². The summed E-state index contributed by atoms with van der Waals surface area (Å²) >= 11 is 0. The van der Waals surface area contributed by atoms with Crippen LogP contribution in [0.15, 0.2) is 48.6 Å². The van der Waals surface area contributed by atoms with Gasteiger partial charge in [0, 0.05) is 17.7 Å². The number of hydrogen-bond acceptors (Lipinski definition) is 14. The van der Waals surface area contributed by atoms with Crippen molar-refractivity contribution in [2.24, 2.45) is 0 Å². The molecule has 2 bridgehead atoms. The number of phenols is 1. The Labute approximate surface area is 278 Å². The minimum atomic E-state index is -2.43. The highest BCUT2D eigenvalue weighted by atomic mass is 16.7. The van der Waals surface area contributed by atoms with E-state index in [-0.39, 0.29) is 22.9 Å². The molecule has 1 saturated heterocycles. The lowest BCUT2D eigenvalue weighted by atomic mass is 9.76. The molecule has 3 aromatic carbocycles. The first-order valence-corrected chi connectivity index (χ1v) is 15.6. The van der Waals surface area contributed by atoms with Gasteiger partial charge in [-0.15, -0.1) is 0 Å². The first-order chi connectivity index (χ1) is 23.5. The van der Waals surface area contributed by atoms with Crippen molar-refractivity contribution in [2.75, 3.05) is 26.6 Å². The molecule has 9 atom stereocenters. The number of nitrogens with one attached hydrogen (secondary N) is 2. The van der Waals surface area contributed by atoms with Crippen LogP contribution in [0, 0.1) is 0 Å². The van der Waals surface area contributed by atoms with Crippen LogP contribution < -0.4 is 34.3 Å². The van der Waals surface area contributed by atoms with Gasteiger partial charge in [0.2, 0.25) is 17.6 Å². The molecular weight excluding hydrogens is 644 g/mol. The summed E-state index contributed by atoms with van der Waals surface area (Å²) < 4.78 is 36.6. The summed E-state index contributed by atoms with van der Waals surface area (Å²) in [5.41, 5.74) is 0.667. The van der Waals surface area contributed by atoms with Crippen LogP contribution in [0.1, 0.15) is 28.7 Å². The zero-order valence-electron chi connectivity index (χ0n) is 26.4. The van der Waals surface area contributed by atoms with Crippen molar-refractivity contribution in [3.05, 3.63) is 65.2 Å². The Morgan fingerprint density at radius 2 is 1.82 bits per heavy atom. The molecule has 0 amide bonds. The normalized spacial score (nSPS) is 32.8. The fourth-order valence-electron chi connectivity index (χ4n) is 7.77. The molecule has 3 aromatic rings. The van der Waals surface area contributed by atoms with Gasteiger partial charge in [-0.3, -0.25) is 0 Å². The number of fused-ring (bicyclic) bond motifs is 8. The number of aliphatic carboxylic acids is 1. The largest absolute Gasteiger partial charge is 0.508 e. The average Bonchev–Trinajstić information content (AvgIpc) is 3.50. The van der Waals surface area contributed by atoms with Crippen LogP contribution in [0.25, 0.3) is 11.1 Å². The molecule has 8 N–H and O–H groups in total. The lowest BCUT2D eigenvalue weighted by Crippen LogP contribution is -2.79. The summed E-state index contributed by atoms with van der Waals surface area (Å²) in [5.74, 6) is -3.34. The van der Waals surface area contributed by atoms with Gasteiger partial charge in [0.05, 0.1) is 20.1 Å². The first kappa shape index (κ1) is 31.5.